The van der Waals surface area contributed by atoms with E-state index in [-0.39, 0.29) is 11.3 Å². The maximum atomic E-state index is 12.4. The number of benzene rings is 1. The van der Waals surface area contributed by atoms with Crippen LogP contribution in [0.25, 0.3) is 5.65 Å². The van der Waals surface area contributed by atoms with Crippen molar-refractivity contribution in [3.05, 3.63) is 66.1 Å². The Morgan fingerprint density at radius 2 is 1.82 bits per heavy atom. The zero-order valence-electron chi connectivity index (χ0n) is 13.0. The molecule has 0 fully saturated rings. The molecule has 112 valence electrons. The van der Waals surface area contributed by atoms with Crippen LogP contribution in [0, 0.1) is 0 Å². The number of rotatable bonds is 2. The molecule has 0 atom stereocenters. The SMILES string of the molecule is CC(C)(C)c1ccc(C(=O)Nc2cccn3ccnc23)cc1. The molecule has 2 heterocycles. The van der Waals surface area contributed by atoms with E-state index in [1.807, 2.05) is 53.2 Å². The Morgan fingerprint density at radius 1 is 1.09 bits per heavy atom. The molecular weight excluding hydrogens is 274 g/mol. The number of anilines is 1. The third kappa shape index (κ3) is 2.72. The first-order valence-corrected chi connectivity index (χ1v) is 7.29. The van der Waals surface area contributed by atoms with Crippen LogP contribution < -0.4 is 5.32 Å². The Bertz CT molecular complexity index is 810. The van der Waals surface area contributed by atoms with Crippen LogP contribution in [0.5, 0.6) is 0 Å². The first kappa shape index (κ1) is 14.3. The molecule has 4 nitrogen and oxygen atoms in total. The van der Waals surface area contributed by atoms with Crippen LogP contribution in [-0.4, -0.2) is 15.3 Å². The fourth-order valence-corrected chi connectivity index (χ4v) is 2.36. The van der Waals surface area contributed by atoms with Crippen LogP contribution in [0.1, 0.15) is 36.7 Å². The number of fused-ring (bicyclic) bond motifs is 1. The highest BCUT2D eigenvalue weighted by Crippen LogP contribution is 2.22. The molecule has 3 aromatic rings. The van der Waals surface area contributed by atoms with Gasteiger partial charge in [0, 0.05) is 24.2 Å². The van der Waals surface area contributed by atoms with Gasteiger partial charge in [0.1, 0.15) is 0 Å². The minimum Gasteiger partial charge on any atom is -0.319 e. The van der Waals surface area contributed by atoms with Crippen LogP contribution in [0.2, 0.25) is 0 Å². The quantitative estimate of drug-likeness (QED) is 0.779. The largest absolute Gasteiger partial charge is 0.319 e. The van der Waals surface area contributed by atoms with Crippen molar-refractivity contribution in [1.82, 2.24) is 9.38 Å². The number of aromatic nitrogens is 2. The Labute approximate surface area is 129 Å². The van der Waals surface area contributed by atoms with Crippen molar-refractivity contribution in [3.8, 4) is 0 Å². The van der Waals surface area contributed by atoms with Gasteiger partial charge in [0.2, 0.25) is 0 Å². The van der Waals surface area contributed by atoms with E-state index in [0.717, 1.165) is 5.65 Å². The van der Waals surface area contributed by atoms with Gasteiger partial charge in [-0.15, -0.1) is 0 Å². The van der Waals surface area contributed by atoms with Gasteiger partial charge in [0.15, 0.2) is 5.65 Å². The van der Waals surface area contributed by atoms with E-state index in [1.54, 1.807) is 6.20 Å². The number of imidazole rings is 1. The van der Waals surface area contributed by atoms with Gasteiger partial charge in [-0.05, 0) is 35.2 Å². The van der Waals surface area contributed by atoms with Gasteiger partial charge < -0.3 is 9.72 Å². The summed E-state index contributed by atoms with van der Waals surface area (Å²) in [7, 11) is 0. The average molecular weight is 293 g/mol. The molecule has 1 amide bonds. The molecule has 0 radical (unpaired) electrons. The Balaban J connectivity index is 1.84. The topological polar surface area (TPSA) is 46.4 Å². The summed E-state index contributed by atoms with van der Waals surface area (Å²) >= 11 is 0. The zero-order valence-corrected chi connectivity index (χ0v) is 13.0. The fraction of sp³-hybridized carbons (Fsp3) is 0.222. The van der Waals surface area contributed by atoms with E-state index >= 15 is 0 Å². The molecule has 4 heteroatoms. The number of amides is 1. The first-order chi connectivity index (χ1) is 10.4. The zero-order chi connectivity index (χ0) is 15.7. The Hall–Kier alpha value is -2.62. The lowest BCUT2D eigenvalue weighted by atomic mass is 9.87. The molecule has 0 aliphatic carbocycles. The predicted molar refractivity (Wildman–Crippen MR) is 88.3 cm³/mol. The van der Waals surface area contributed by atoms with E-state index in [0.29, 0.717) is 11.3 Å². The standard InChI is InChI=1S/C18H19N3O/c1-18(2,3)14-8-6-13(7-9-14)17(22)20-15-5-4-11-21-12-10-19-16(15)21/h4-12H,1-3H3,(H,20,22). The molecule has 0 aliphatic heterocycles. The van der Waals surface area contributed by atoms with Crippen molar-refractivity contribution in [2.45, 2.75) is 26.2 Å². The smallest absolute Gasteiger partial charge is 0.255 e. The summed E-state index contributed by atoms with van der Waals surface area (Å²) in [5.41, 5.74) is 3.37. The number of carbonyl (C=O) groups excluding carboxylic acids is 1. The second-order valence-corrected chi connectivity index (χ2v) is 6.36. The van der Waals surface area contributed by atoms with Crippen molar-refractivity contribution >= 4 is 17.2 Å². The van der Waals surface area contributed by atoms with Gasteiger partial charge in [0.25, 0.3) is 5.91 Å². The van der Waals surface area contributed by atoms with E-state index < -0.39 is 0 Å². The molecule has 2 aromatic heterocycles. The van der Waals surface area contributed by atoms with E-state index in [9.17, 15) is 4.79 Å². The van der Waals surface area contributed by atoms with Crippen LogP contribution >= 0.6 is 0 Å². The van der Waals surface area contributed by atoms with E-state index in [1.165, 1.54) is 5.56 Å². The molecule has 0 saturated carbocycles. The summed E-state index contributed by atoms with van der Waals surface area (Å²) in [5.74, 6) is -0.128. The second kappa shape index (κ2) is 5.30. The molecule has 0 unspecified atom stereocenters. The van der Waals surface area contributed by atoms with Crippen LogP contribution in [0.4, 0.5) is 5.69 Å². The van der Waals surface area contributed by atoms with Crippen LogP contribution in [0.15, 0.2) is 55.0 Å². The summed E-state index contributed by atoms with van der Waals surface area (Å²) in [6, 6.07) is 11.5. The highest BCUT2D eigenvalue weighted by Gasteiger charge is 2.15. The maximum Gasteiger partial charge on any atom is 0.255 e. The summed E-state index contributed by atoms with van der Waals surface area (Å²) in [4.78, 5) is 16.7. The van der Waals surface area contributed by atoms with Crippen molar-refractivity contribution in [3.63, 3.8) is 0 Å². The van der Waals surface area contributed by atoms with Crippen LogP contribution in [0.3, 0.4) is 0 Å². The molecule has 1 N–H and O–H groups in total. The summed E-state index contributed by atoms with van der Waals surface area (Å²) in [6.45, 7) is 6.46. The van der Waals surface area contributed by atoms with Crippen molar-refractivity contribution in [2.75, 3.05) is 5.32 Å². The van der Waals surface area contributed by atoms with Gasteiger partial charge in [-0.2, -0.15) is 0 Å². The minimum atomic E-state index is -0.128. The summed E-state index contributed by atoms with van der Waals surface area (Å²) < 4.78 is 1.87. The first-order valence-electron chi connectivity index (χ1n) is 7.29. The Morgan fingerprint density at radius 3 is 2.50 bits per heavy atom. The third-order valence-corrected chi connectivity index (χ3v) is 3.68. The summed E-state index contributed by atoms with van der Waals surface area (Å²) in [5, 5.41) is 2.92. The number of hydrogen-bond donors (Lipinski definition) is 1. The van der Waals surface area contributed by atoms with Gasteiger partial charge in [-0.3, -0.25) is 4.79 Å². The molecule has 0 aliphatic rings. The van der Waals surface area contributed by atoms with Crippen molar-refractivity contribution in [2.24, 2.45) is 0 Å². The normalized spacial score (nSPS) is 11.6. The van der Waals surface area contributed by atoms with Gasteiger partial charge in [-0.1, -0.05) is 32.9 Å². The lowest BCUT2D eigenvalue weighted by Gasteiger charge is -2.19. The third-order valence-electron chi connectivity index (χ3n) is 3.68. The fourth-order valence-electron chi connectivity index (χ4n) is 2.36. The molecular formula is C18H19N3O. The monoisotopic (exact) mass is 293 g/mol. The lowest BCUT2D eigenvalue weighted by Crippen LogP contribution is -2.14. The second-order valence-electron chi connectivity index (χ2n) is 6.36. The average Bonchev–Trinajstić information content (AvgIpc) is 2.96. The van der Waals surface area contributed by atoms with E-state index in [4.69, 9.17) is 0 Å². The molecule has 0 saturated heterocycles. The molecule has 22 heavy (non-hydrogen) atoms. The maximum absolute atomic E-state index is 12.4. The number of hydrogen-bond acceptors (Lipinski definition) is 2. The molecule has 0 bridgehead atoms. The molecule has 0 spiro atoms. The highest BCUT2D eigenvalue weighted by atomic mass is 16.1. The van der Waals surface area contributed by atoms with E-state index in [2.05, 4.69) is 31.1 Å². The predicted octanol–water partition coefficient (Wildman–Crippen LogP) is 3.88. The lowest BCUT2D eigenvalue weighted by molar-refractivity contribution is 0.102. The van der Waals surface area contributed by atoms with Gasteiger partial charge in [0.05, 0.1) is 5.69 Å². The number of nitrogens with zero attached hydrogens (tertiary/aromatic N) is 2. The van der Waals surface area contributed by atoms with Crippen LogP contribution in [-0.2, 0) is 5.41 Å². The highest BCUT2D eigenvalue weighted by molar-refractivity contribution is 6.05. The van der Waals surface area contributed by atoms with Crippen molar-refractivity contribution < 1.29 is 4.79 Å². The van der Waals surface area contributed by atoms with Gasteiger partial charge >= 0.3 is 0 Å². The Kier molecular flexibility index (Phi) is 3.45. The van der Waals surface area contributed by atoms with Gasteiger partial charge in [-0.25, -0.2) is 4.98 Å². The number of pyridine rings is 1. The molecule has 1 aromatic carbocycles. The number of carbonyl (C=O) groups is 1. The molecule has 3 rings (SSSR count). The number of nitrogens with one attached hydrogen (secondary N) is 1. The minimum absolute atomic E-state index is 0.0798. The summed E-state index contributed by atoms with van der Waals surface area (Å²) in [6.07, 6.45) is 5.46. The van der Waals surface area contributed by atoms with Crippen molar-refractivity contribution in [1.29, 1.82) is 0 Å².